The standard InChI is InChI=1S/C29H34N4O3/c1-35-26-13-12-23(19-27(26)36-25-10-5-6-11-25)32-16-17-33(29(34)20-28-30-14-7-15-31-28)24(21-32)18-22-8-3-2-4-9-22/h2-4,7-9,12-15,19,24-25H,5-6,10-11,16-18,20-21H2,1H3/t24-/m0/s1. The number of nitrogens with zero attached hydrogens (tertiary/aromatic N) is 4. The number of piperazine rings is 1. The van der Waals surface area contributed by atoms with Crippen LogP contribution in [0, 0.1) is 0 Å². The molecule has 7 heteroatoms. The van der Waals surface area contributed by atoms with Crippen molar-refractivity contribution in [2.45, 2.75) is 50.7 Å². The van der Waals surface area contributed by atoms with Crippen LogP contribution < -0.4 is 14.4 Å². The summed E-state index contributed by atoms with van der Waals surface area (Å²) >= 11 is 0. The normalized spacial score (nSPS) is 18.3. The predicted molar refractivity (Wildman–Crippen MR) is 139 cm³/mol. The molecule has 0 unspecified atom stereocenters. The molecule has 1 atom stereocenters. The molecule has 2 aliphatic rings. The minimum atomic E-state index is 0.0404. The number of amides is 1. The molecule has 2 fully saturated rings. The number of ether oxygens (including phenoxy) is 2. The van der Waals surface area contributed by atoms with Crippen LogP contribution in [-0.2, 0) is 17.6 Å². The second-order valence-corrected chi connectivity index (χ2v) is 9.58. The van der Waals surface area contributed by atoms with Gasteiger partial charge in [0.25, 0.3) is 0 Å². The molecule has 0 radical (unpaired) electrons. The van der Waals surface area contributed by atoms with Gasteiger partial charge in [0.1, 0.15) is 5.82 Å². The van der Waals surface area contributed by atoms with Crippen molar-refractivity contribution in [2.24, 2.45) is 0 Å². The van der Waals surface area contributed by atoms with Crippen LogP contribution in [0.1, 0.15) is 37.1 Å². The first-order chi connectivity index (χ1) is 17.7. The number of rotatable bonds is 8. The minimum Gasteiger partial charge on any atom is -0.493 e. The molecule has 1 saturated carbocycles. The molecule has 1 saturated heterocycles. The van der Waals surface area contributed by atoms with Gasteiger partial charge in [-0.3, -0.25) is 4.79 Å². The van der Waals surface area contributed by atoms with E-state index in [-0.39, 0.29) is 24.5 Å². The van der Waals surface area contributed by atoms with Gasteiger partial charge < -0.3 is 19.3 Å². The van der Waals surface area contributed by atoms with Crippen molar-refractivity contribution in [3.8, 4) is 11.5 Å². The zero-order valence-electron chi connectivity index (χ0n) is 20.9. The minimum absolute atomic E-state index is 0.0404. The van der Waals surface area contributed by atoms with E-state index in [0.717, 1.165) is 49.5 Å². The number of methoxy groups -OCH3 is 1. The Morgan fingerprint density at radius 2 is 1.75 bits per heavy atom. The summed E-state index contributed by atoms with van der Waals surface area (Å²) < 4.78 is 11.9. The summed E-state index contributed by atoms with van der Waals surface area (Å²) in [5.41, 5.74) is 2.32. The molecule has 2 heterocycles. The summed E-state index contributed by atoms with van der Waals surface area (Å²) in [7, 11) is 1.69. The van der Waals surface area contributed by atoms with Gasteiger partial charge in [0.15, 0.2) is 11.5 Å². The molecular formula is C29H34N4O3. The molecule has 0 bridgehead atoms. The van der Waals surface area contributed by atoms with Crippen LogP contribution in [-0.4, -0.2) is 59.7 Å². The van der Waals surface area contributed by atoms with Crippen LogP contribution in [0.2, 0.25) is 0 Å². The highest BCUT2D eigenvalue weighted by molar-refractivity contribution is 5.78. The van der Waals surface area contributed by atoms with Crippen molar-refractivity contribution in [3.63, 3.8) is 0 Å². The number of hydrogen-bond donors (Lipinski definition) is 0. The Hall–Kier alpha value is -3.61. The zero-order chi connectivity index (χ0) is 24.7. The highest BCUT2D eigenvalue weighted by atomic mass is 16.5. The van der Waals surface area contributed by atoms with Gasteiger partial charge in [-0.05, 0) is 55.9 Å². The van der Waals surface area contributed by atoms with Crippen LogP contribution in [0.15, 0.2) is 67.0 Å². The summed E-state index contributed by atoms with van der Waals surface area (Å²) in [4.78, 5) is 26.2. The quantitative estimate of drug-likeness (QED) is 0.473. The van der Waals surface area contributed by atoms with Crippen molar-refractivity contribution in [3.05, 3.63) is 78.4 Å². The van der Waals surface area contributed by atoms with Gasteiger partial charge in [-0.2, -0.15) is 0 Å². The number of carbonyl (C=O) groups excluding carboxylic acids is 1. The maximum Gasteiger partial charge on any atom is 0.230 e. The van der Waals surface area contributed by atoms with Crippen molar-refractivity contribution in [1.29, 1.82) is 0 Å². The van der Waals surface area contributed by atoms with Crippen molar-refractivity contribution in [1.82, 2.24) is 14.9 Å². The molecule has 1 aliphatic heterocycles. The average Bonchev–Trinajstić information content (AvgIpc) is 3.43. The highest BCUT2D eigenvalue weighted by Gasteiger charge is 2.31. The Morgan fingerprint density at radius 3 is 2.50 bits per heavy atom. The molecule has 1 amide bonds. The summed E-state index contributed by atoms with van der Waals surface area (Å²) in [5, 5.41) is 0. The first kappa shape index (κ1) is 24.1. The molecule has 3 aromatic rings. The lowest BCUT2D eigenvalue weighted by Crippen LogP contribution is -2.56. The van der Waals surface area contributed by atoms with E-state index >= 15 is 0 Å². The van der Waals surface area contributed by atoms with Crippen molar-refractivity contribution in [2.75, 3.05) is 31.6 Å². The topological polar surface area (TPSA) is 67.8 Å². The Labute approximate surface area is 213 Å². The second-order valence-electron chi connectivity index (χ2n) is 9.58. The maximum absolute atomic E-state index is 13.3. The highest BCUT2D eigenvalue weighted by Crippen LogP contribution is 2.36. The number of hydrogen-bond acceptors (Lipinski definition) is 6. The van der Waals surface area contributed by atoms with Gasteiger partial charge in [-0.25, -0.2) is 9.97 Å². The summed E-state index contributed by atoms with van der Waals surface area (Å²) in [6, 6.07) is 18.4. The van der Waals surface area contributed by atoms with Crippen LogP contribution in [0.5, 0.6) is 11.5 Å². The first-order valence-corrected chi connectivity index (χ1v) is 12.9. The number of aromatic nitrogens is 2. The third kappa shape index (κ3) is 5.78. The van der Waals surface area contributed by atoms with E-state index in [4.69, 9.17) is 9.47 Å². The van der Waals surface area contributed by atoms with Crippen LogP contribution >= 0.6 is 0 Å². The van der Waals surface area contributed by atoms with E-state index in [1.165, 1.54) is 18.4 Å². The van der Waals surface area contributed by atoms with Gasteiger partial charge in [-0.15, -0.1) is 0 Å². The monoisotopic (exact) mass is 486 g/mol. The van der Waals surface area contributed by atoms with Gasteiger partial charge in [0.05, 0.1) is 25.7 Å². The molecule has 188 valence electrons. The van der Waals surface area contributed by atoms with Crippen molar-refractivity contribution >= 4 is 11.6 Å². The summed E-state index contributed by atoms with van der Waals surface area (Å²) in [6.45, 7) is 2.14. The summed E-state index contributed by atoms with van der Waals surface area (Å²) in [5.74, 6) is 2.21. The third-order valence-corrected chi connectivity index (χ3v) is 7.15. The van der Waals surface area contributed by atoms with E-state index in [1.54, 1.807) is 25.6 Å². The largest absolute Gasteiger partial charge is 0.493 e. The SMILES string of the molecule is COc1ccc(N2CCN(C(=O)Cc3ncccn3)[C@@H](Cc3ccccc3)C2)cc1OC1CCCC1. The third-order valence-electron chi connectivity index (χ3n) is 7.15. The Bertz CT molecular complexity index is 1140. The average molecular weight is 487 g/mol. The Kier molecular flexibility index (Phi) is 7.64. The second kappa shape index (κ2) is 11.4. The molecule has 36 heavy (non-hydrogen) atoms. The fraction of sp³-hybridized carbons (Fsp3) is 0.414. The number of benzene rings is 2. The van der Waals surface area contributed by atoms with Crippen LogP contribution in [0.3, 0.4) is 0 Å². The fourth-order valence-corrected chi connectivity index (χ4v) is 5.28. The van der Waals surface area contributed by atoms with Gasteiger partial charge in [-0.1, -0.05) is 30.3 Å². The smallest absolute Gasteiger partial charge is 0.230 e. The lowest BCUT2D eigenvalue weighted by molar-refractivity contribution is -0.133. The van der Waals surface area contributed by atoms with Gasteiger partial charge >= 0.3 is 0 Å². The molecular weight excluding hydrogens is 452 g/mol. The molecule has 0 spiro atoms. The fourth-order valence-electron chi connectivity index (χ4n) is 5.28. The van der Waals surface area contributed by atoms with E-state index < -0.39 is 0 Å². The number of carbonyl (C=O) groups is 1. The molecule has 1 aliphatic carbocycles. The van der Waals surface area contributed by atoms with Crippen molar-refractivity contribution < 1.29 is 14.3 Å². The maximum atomic E-state index is 13.3. The zero-order valence-corrected chi connectivity index (χ0v) is 20.9. The first-order valence-electron chi connectivity index (χ1n) is 12.9. The van der Waals surface area contributed by atoms with E-state index in [2.05, 4.69) is 51.3 Å². The predicted octanol–water partition coefficient (Wildman–Crippen LogP) is 4.31. The molecule has 2 aromatic carbocycles. The molecule has 1 aromatic heterocycles. The Morgan fingerprint density at radius 1 is 0.972 bits per heavy atom. The van der Waals surface area contributed by atoms with E-state index in [9.17, 15) is 4.79 Å². The lowest BCUT2D eigenvalue weighted by atomic mass is 10.0. The van der Waals surface area contributed by atoms with Crippen LogP contribution in [0.25, 0.3) is 0 Å². The van der Waals surface area contributed by atoms with Gasteiger partial charge in [0.2, 0.25) is 5.91 Å². The number of anilines is 1. The van der Waals surface area contributed by atoms with Crippen LogP contribution in [0.4, 0.5) is 5.69 Å². The molecule has 5 rings (SSSR count). The lowest BCUT2D eigenvalue weighted by Gasteiger charge is -2.43. The van der Waals surface area contributed by atoms with E-state index in [0.29, 0.717) is 12.4 Å². The van der Waals surface area contributed by atoms with Gasteiger partial charge in [0, 0.05) is 43.8 Å². The Balaban J connectivity index is 1.35. The summed E-state index contributed by atoms with van der Waals surface area (Å²) in [6.07, 6.45) is 9.27. The molecule has 7 nitrogen and oxygen atoms in total. The van der Waals surface area contributed by atoms with E-state index in [1.807, 2.05) is 17.0 Å². The molecule has 0 N–H and O–H groups in total.